The number of halogens is 1. The van der Waals surface area contributed by atoms with Crippen molar-refractivity contribution < 1.29 is 4.79 Å². The second-order valence-corrected chi connectivity index (χ2v) is 8.07. The molecule has 0 aliphatic rings. The topological polar surface area (TPSA) is 83.6 Å². The highest BCUT2D eigenvalue weighted by molar-refractivity contribution is 7.15. The molecule has 2 heterocycles. The zero-order chi connectivity index (χ0) is 21.6. The summed E-state index contributed by atoms with van der Waals surface area (Å²) in [4.78, 5) is 12.6. The fourth-order valence-corrected chi connectivity index (χ4v) is 3.93. The van der Waals surface area contributed by atoms with E-state index in [-0.39, 0.29) is 5.57 Å². The molecule has 0 spiro atoms. The summed E-state index contributed by atoms with van der Waals surface area (Å²) in [6, 6.07) is 22.8. The molecule has 2 aromatic heterocycles. The number of hydrogen-bond acceptors (Lipinski definition) is 5. The van der Waals surface area contributed by atoms with E-state index in [4.69, 9.17) is 11.6 Å². The third-order valence-corrected chi connectivity index (χ3v) is 5.48. The van der Waals surface area contributed by atoms with Crippen molar-refractivity contribution in [1.29, 1.82) is 5.26 Å². The quantitative estimate of drug-likeness (QED) is 0.330. The fourth-order valence-electron chi connectivity index (χ4n) is 2.98. The molecule has 0 aliphatic carbocycles. The number of rotatable bonds is 6. The highest BCUT2D eigenvalue weighted by atomic mass is 35.5. The highest BCUT2D eigenvalue weighted by Crippen LogP contribution is 2.21. The van der Waals surface area contributed by atoms with Crippen molar-refractivity contribution in [2.24, 2.45) is 0 Å². The number of carbonyl (C=O) groups excluding carboxylic acids is 1. The minimum Gasteiger partial charge on any atom is -0.317 e. The Morgan fingerprint density at radius 3 is 2.74 bits per heavy atom. The van der Waals surface area contributed by atoms with E-state index in [1.54, 1.807) is 12.1 Å². The summed E-state index contributed by atoms with van der Waals surface area (Å²) < 4.78 is 1.85. The predicted molar refractivity (Wildman–Crippen MR) is 122 cm³/mol. The summed E-state index contributed by atoms with van der Waals surface area (Å²) in [7, 11) is 0. The van der Waals surface area contributed by atoms with Crippen molar-refractivity contribution in [3.05, 3.63) is 99.8 Å². The van der Waals surface area contributed by atoms with Gasteiger partial charge in [0.25, 0.3) is 5.91 Å². The van der Waals surface area contributed by atoms with Gasteiger partial charge in [-0.1, -0.05) is 59.3 Å². The summed E-state index contributed by atoms with van der Waals surface area (Å²) in [5, 5.41) is 22.1. The van der Waals surface area contributed by atoms with Gasteiger partial charge in [0.15, 0.2) is 0 Å². The van der Waals surface area contributed by atoms with Crippen LogP contribution in [0.2, 0.25) is 5.02 Å². The van der Waals surface area contributed by atoms with Crippen molar-refractivity contribution in [2.75, 3.05) is 5.32 Å². The first-order valence-electron chi connectivity index (χ1n) is 9.35. The van der Waals surface area contributed by atoms with E-state index in [2.05, 4.69) is 15.5 Å². The van der Waals surface area contributed by atoms with Gasteiger partial charge in [-0.2, -0.15) is 5.26 Å². The lowest BCUT2D eigenvalue weighted by Gasteiger charge is -2.07. The summed E-state index contributed by atoms with van der Waals surface area (Å²) >= 11 is 7.37. The molecule has 0 radical (unpaired) electrons. The Balaban J connectivity index is 1.51. The smallest absolute Gasteiger partial charge is 0.268 e. The number of nitrogens with zero attached hydrogens (tertiary/aromatic N) is 4. The minimum absolute atomic E-state index is 0.0400. The van der Waals surface area contributed by atoms with E-state index in [1.807, 2.05) is 71.4 Å². The molecule has 0 saturated heterocycles. The van der Waals surface area contributed by atoms with Crippen molar-refractivity contribution in [1.82, 2.24) is 14.8 Å². The van der Waals surface area contributed by atoms with E-state index in [0.717, 1.165) is 16.3 Å². The Kier molecular flexibility index (Phi) is 6.22. The van der Waals surface area contributed by atoms with Crippen LogP contribution in [-0.2, 0) is 11.2 Å². The first-order chi connectivity index (χ1) is 15.1. The predicted octanol–water partition coefficient (Wildman–Crippen LogP) is 5.12. The van der Waals surface area contributed by atoms with Gasteiger partial charge in [-0.3, -0.25) is 10.1 Å². The zero-order valence-electron chi connectivity index (χ0n) is 16.2. The van der Waals surface area contributed by atoms with Crippen LogP contribution in [0, 0.1) is 11.3 Å². The van der Waals surface area contributed by atoms with Crippen LogP contribution in [0.15, 0.2) is 78.5 Å². The van der Waals surface area contributed by atoms with Gasteiger partial charge in [-0.25, -0.2) is 0 Å². The largest absolute Gasteiger partial charge is 0.317 e. The van der Waals surface area contributed by atoms with Crippen LogP contribution in [0.1, 0.15) is 16.3 Å². The zero-order valence-corrected chi connectivity index (χ0v) is 17.8. The monoisotopic (exact) mass is 445 g/mol. The Morgan fingerprint density at radius 2 is 1.97 bits per heavy atom. The van der Waals surface area contributed by atoms with Gasteiger partial charge in [-0.05, 0) is 42.0 Å². The fraction of sp³-hybridized carbons (Fsp3) is 0.0435. The number of anilines is 1. The van der Waals surface area contributed by atoms with Crippen molar-refractivity contribution in [3.63, 3.8) is 0 Å². The first kappa shape index (κ1) is 20.5. The lowest BCUT2D eigenvalue weighted by atomic mass is 10.2. The maximum atomic E-state index is 12.6. The molecule has 6 nitrogen and oxygen atoms in total. The Labute approximate surface area is 188 Å². The molecular formula is C23H16ClN5OS. The molecule has 152 valence electrons. The van der Waals surface area contributed by atoms with Crippen molar-refractivity contribution in [3.8, 4) is 11.8 Å². The average molecular weight is 446 g/mol. The summed E-state index contributed by atoms with van der Waals surface area (Å²) in [6.45, 7) is 0. The molecule has 1 N–H and O–H groups in total. The molecule has 4 aromatic rings. The standard InChI is InChI=1S/C23H16ClN5OS/c24-18-8-4-9-20(14-18)29-11-5-10-19(29)13-17(15-25)22(30)26-23-28-27-21(31-23)12-16-6-2-1-3-7-16/h1-11,13-14H,12H2,(H,26,28,30)/b17-13-. The molecule has 0 fully saturated rings. The van der Waals surface area contributed by atoms with Crippen LogP contribution < -0.4 is 5.32 Å². The van der Waals surface area contributed by atoms with Crippen LogP contribution in [0.3, 0.4) is 0 Å². The molecule has 0 bridgehead atoms. The van der Waals surface area contributed by atoms with Crippen molar-refractivity contribution >= 4 is 40.1 Å². The van der Waals surface area contributed by atoms with E-state index in [9.17, 15) is 10.1 Å². The lowest BCUT2D eigenvalue weighted by Crippen LogP contribution is -2.13. The van der Waals surface area contributed by atoms with Crippen LogP contribution in [0.4, 0.5) is 5.13 Å². The molecule has 0 atom stereocenters. The molecule has 4 rings (SSSR count). The number of hydrogen-bond donors (Lipinski definition) is 1. The van der Waals surface area contributed by atoms with Crippen molar-refractivity contribution in [2.45, 2.75) is 6.42 Å². The summed E-state index contributed by atoms with van der Waals surface area (Å²) in [6.07, 6.45) is 4.00. The van der Waals surface area contributed by atoms with Gasteiger partial charge in [0.1, 0.15) is 16.6 Å². The van der Waals surface area contributed by atoms with Crippen LogP contribution in [-0.4, -0.2) is 20.7 Å². The number of carbonyl (C=O) groups is 1. The first-order valence-corrected chi connectivity index (χ1v) is 10.5. The van der Waals surface area contributed by atoms with Gasteiger partial charge in [0.05, 0.1) is 0 Å². The number of amides is 1. The van der Waals surface area contributed by atoms with E-state index in [0.29, 0.717) is 22.3 Å². The molecule has 0 unspecified atom stereocenters. The van der Waals surface area contributed by atoms with Gasteiger partial charge < -0.3 is 4.57 Å². The van der Waals surface area contributed by atoms with Gasteiger partial charge in [-0.15, -0.1) is 10.2 Å². The van der Waals surface area contributed by atoms with Crippen LogP contribution in [0.5, 0.6) is 0 Å². The Bertz CT molecular complexity index is 1290. The second-order valence-electron chi connectivity index (χ2n) is 6.57. The highest BCUT2D eigenvalue weighted by Gasteiger charge is 2.14. The Morgan fingerprint density at radius 1 is 1.13 bits per heavy atom. The third-order valence-electron chi connectivity index (χ3n) is 4.41. The van der Waals surface area contributed by atoms with E-state index >= 15 is 0 Å². The molecule has 0 aliphatic heterocycles. The van der Waals surface area contributed by atoms with Gasteiger partial charge >= 0.3 is 0 Å². The Hall–Kier alpha value is -3.73. The van der Waals surface area contributed by atoms with Crippen LogP contribution in [0.25, 0.3) is 11.8 Å². The third kappa shape index (κ3) is 5.07. The normalized spacial score (nSPS) is 11.2. The summed E-state index contributed by atoms with van der Waals surface area (Å²) in [5.74, 6) is -0.538. The average Bonchev–Trinajstić information content (AvgIpc) is 3.42. The lowest BCUT2D eigenvalue weighted by molar-refractivity contribution is -0.112. The van der Waals surface area contributed by atoms with E-state index < -0.39 is 5.91 Å². The number of nitrogens with one attached hydrogen (secondary N) is 1. The number of benzene rings is 2. The number of aromatic nitrogens is 3. The molecule has 0 saturated carbocycles. The van der Waals surface area contributed by atoms with Crippen LogP contribution >= 0.6 is 22.9 Å². The molecule has 8 heteroatoms. The molecular weight excluding hydrogens is 430 g/mol. The second kappa shape index (κ2) is 9.39. The molecule has 1 amide bonds. The SMILES string of the molecule is N#C/C(=C/c1cccn1-c1cccc(Cl)c1)C(=O)Nc1nnc(Cc2ccccc2)s1. The van der Waals surface area contributed by atoms with Gasteiger partial charge in [0, 0.05) is 29.0 Å². The minimum atomic E-state index is -0.538. The summed E-state index contributed by atoms with van der Waals surface area (Å²) in [5.41, 5.74) is 2.57. The van der Waals surface area contributed by atoms with Gasteiger partial charge in [0.2, 0.25) is 5.13 Å². The van der Waals surface area contributed by atoms with E-state index in [1.165, 1.54) is 17.4 Å². The molecule has 31 heavy (non-hydrogen) atoms. The molecule has 2 aromatic carbocycles. The maximum Gasteiger partial charge on any atom is 0.268 e. The maximum absolute atomic E-state index is 12.6. The number of nitriles is 1.